The van der Waals surface area contributed by atoms with E-state index < -0.39 is 0 Å². The van der Waals surface area contributed by atoms with Gasteiger partial charge >= 0.3 is 0 Å². The molecule has 0 unspecified atom stereocenters. The van der Waals surface area contributed by atoms with Crippen molar-refractivity contribution in [1.82, 2.24) is 9.97 Å². The number of aryl methyl sites for hydroxylation is 1. The number of anilines is 1. The fourth-order valence-corrected chi connectivity index (χ4v) is 2.38. The van der Waals surface area contributed by atoms with E-state index in [2.05, 4.69) is 33.1 Å². The monoisotopic (exact) mass is 227 g/mol. The van der Waals surface area contributed by atoms with Crippen LogP contribution in [0.1, 0.15) is 25.0 Å². The second-order valence-corrected chi connectivity index (χ2v) is 4.72. The van der Waals surface area contributed by atoms with Crippen LogP contribution in [0.4, 0.5) is 5.82 Å². The van der Waals surface area contributed by atoms with E-state index in [1.807, 2.05) is 13.0 Å². The largest absolute Gasteiger partial charge is 0.357 e. The minimum absolute atomic E-state index is 0.869. The van der Waals surface area contributed by atoms with Crippen LogP contribution in [-0.4, -0.2) is 23.1 Å². The van der Waals surface area contributed by atoms with Gasteiger partial charge in [-0.25, -0.2) is 9.97 Å². The van der Waals surface area contributed by atoms with E-state index in [1.54, 1.807) is 0 Å². The third-order valence-electron chi connectivity index (χ3n) is 3.36. The highest BCUT2D eigenvalue weighted by atomic mass is 15.2. The van der Waals surface area contributed by atoms with Crippen molar-refractivity contribution >= 4 is 16.9 Å². The first-order valence-corrected chi connectivity index (χ1v) is 6.32. The molecule has 3 nitrogen and oxygen atoms in total. The van der Waals surface area contributed by atoms with Gasteiger partial charge in [-0.15, -0.1) is 0 Å². The molecule has 1 aliphatic heterocycles. The number of fused-ring (bicyclic) bond motifs is 1. The summed E-state index contributed by atoms with van der Waals surface area (Å²) in [7, 11) is 0. The zero-order valence-electron chi connectivity index (χ0n) is 10.2. The molecule has 0 aromatic carbocycles. The summed E-state index contributed by atoms with van der Waals surface area (Å²) in [5.74, 6) is 1.08. The summed E-state index contributed by atoms with van der Waals surface area (Å²) in [6, 6.07) is 8.36. The first-order chi connectivity index (χ1) is 8.33. The van der Waals surface area contributed by atoms with Crippen molar-refractivity contribution in [3.63, 3.8) is 0 Å². The second-order valence-electron chi connectivity index (χ2n) is 4.72. The van der Waals surface area contributed by atoms with Crippen LogP contribution in [-0.2, 0) is 0 Å². The molecule has 88 valence electrons. The van der Waals surface area contributed by atoms with Gasteiger partial charge in [-0.05, 0) is 50.5 Å². The highest BCUT2D eigenvalue weighted by Gasteiger charge is 2.12. The molecule has 1 saturated heterocycles. The van der Waals surface area contributed by atoms with Gasteiger partial charge in [-0.2, -0.15) is 0 Å². The molecule has 0 atom stereocenters. The predicted octanol–water partition coefficient (Wildman–Crippen LogP) is 2.93. The summed E-state index contributed by atoms with van der Waals surface area (Å²) in [4.78, 5) is 11.5. The molecule has 2 aromatic heterocycles. The Labute approximate surface area is 101 Å². The normalized spacial score (nSPS) is 16.4. The van der Waals surface area contributed by atoms with Crippen LogP contribution in [0.25, 0.3) is 11.0 Å². The Morgan fingerprint density at radius 1 is 0.941 bits per heavy atom. The summed E-state index contributed by atoms with van der Waals surface area (Å²) < 4.78 is 0. The van der Waals surface area contributed by atoms with Crippen molar-refractivity contribution in [2.45, 2.75) is 26.2 Å². The third kappa shape index (κ3) is 2.09. The minimum Gasteiger partial charge on any atom is -0.357 e. The number of aromatic nitrogens is 2. The van der Waals surface area contributed by atoms with Crippen molar-refractivity contribution in [1.29, 1.82) is 0 Å². The molecule has 0 saturated carbocycles. The maximum Gasteiger partial charge on any atom is 0.161 e. The number of rotatable bonds is 1. The minimum atomic E-state index is 0.869. The molecule has 0 radical (unpaired) electrons. The molecule has 0 N–H and O–H groups in total. The van der Waals surface area contributed by atoms with Crippen molar-refractivity contribution in [3.05, 3.63) is 30.0 Å². The first-order valence-electron chi connectivity index (χ1n) is 6.32. The van der Waals surface area contributed by atoms with E-state index in [1.165, 1.54) is 19.3 Å². The lowest BCUT2D eigenvalue weighted by atomic mass is 10.1. The number of pyridine rings is 2. The van der Waals surface area contributed by atoms with Gasteiger partial charge in [-0.1, -0.05) is 0 Å². The van der Waals surface area contributed by atoms with E-state index in [0.29, 0.717) is 0 Å². The summed E-state index contributed by atoms with van der Waals surface area (Å²) >= 11 is 0. The standard InChI is InChI=1S/C14H17N3/c1-11-5-6-12-7-8-13(16-14(12)15-11)17-9-3-2-4-10-17/h5-8H,2-4,9-10H2,1H3. The van der Waals surface area contributed by atoms with Gasteiger partial charge in [-0.3, -0.25) is 0 Å². The van der Waals surface area contributed by atoms with E-state index in [-0.39, 0.29) is 0 Å². The van der Waals surface area contributed by atoms with E-state index in [9.17, 15) is 0 Å². The zero-order chi connectivity index (χ0) is 11.7. The molecule has 3 rings (SSSR count). The molecule has 2 aromatic rings. The van der Waals surface area contributed by atoms with E-state index in [0.717, 1.165) is 35.6 Å². The van der Waals surface area contributed by atoms with Crippen molar-refractivity contribution < 1.29 is 0 Å². The molecule has 1 aliphatic rings. The van der Waals surface area contributed by atoms with Crippen LogP contribution in [0.5, 0.6) is 0 Å². The van der Waals surface area contributed by atoms with E-state index in [4.69, 9.17) is 0 Å². The van der Waals surface area contributed by atoms with Crippen LogP contribution < -0.4 is 4.90 Å². The Morgan fingerprint density at radius 3 is 2.53 bits per heavy atom. The maximum atomic E-state index is 4.67. The van der Waals surface area contributed by atoms with E-state index >= 15 is 0 Å². The van der Waals surface area contributed by atoms with Gasteiger partial charge in [0.15, 0.2) is 5.65 Å². The molecule has 3 heteroatoms. The van der Waals surface area contributed by atoms with Crippen LogP contribution in [0.2, 0.25) is 0 Å². The number of hydrogen-bond donors (Lipinski definition) is 0. The fourth-order valence-electron chi connectivity index (χ4n) is 2.38. The lowest BCUT2D eigenvalue weighted by Gasteiger charge is -2.27. The summed E-state index contributed by atoms with van der Waals surface area (Å²) in [6.07, 6.45) is 3.91. The van der Waals surface area contributed by atoms with Gasteiger partial charge in [0, 0.05) is 24.2 Å². The lowest BCUT2D eigenvalue weighted by molar-refractivity contribution is 0.574. The molecular weight excluding hydrogens is 210 g/mol. The summed E-state index contributed by atoms with van der Waals surface area (Å²) in [5.41, 5.74) is 1.90. The Kier molecular flexibility index (Phi) is 2.67. The molecule has 0 amide bonds. The van der Waals surface area contributed by atoms with Crippen LogP contribution in [0.15, 0.2) is 24.3 Å². The molecule has 0 spiro atoms. The molecule has 1 fully saturated rings. The average Bonchev–Trinajstić information content (AvgIpc) is 2.39. The smallest absolute Gasteiger partial charge is 0.161 e. The first kappa shape index (κ1) is 10.5. The molecule has 3 heterocycles. The van der Waals surface area contributed by atoms with Gasteiger partial charge in [0.1, 0.15) is 5.82 Å². The van der Waals surface area contributed by atoms with Gasteiger partial charge in [0.25, 0.3) is 0 Å². The quantitative estimate of drug-likeness (QED) is 0.750. The maximum absolute atomic E-state index is 4.67. The number of piperidine rings is 1. The highest BCUT2D eigenvalue weighted by molar-refractivity contribution is 5.76. The Bertz CT molecular complexity index is 530. The summed E-state index contributed by atoms with van der Waals surface area (Å²) in [5, 5.41) is 1.12. The van der Waals surface area contributed by atoms with Crippen LogP contribution in [0, 0.1) is 6.92 Å². The second kappa shape index (κ2) is 4.32. The highest BCUT2D eigenvalue weighted by Crippen LogP contribution is 2.20. The van der Waals surface area contributed by atoms with Crippen molar-refractivity contribution in [3.8, 4) is 0 Å². The fraction of sp³-hybridized carbons (Fsp3) is 0.429. The molecule has 0 bridgehead atoms. The molecule has 17 heavy (non-hydrogen) atoms. The van der Waals surface area contributed by atoms with Crippen LogP contribution >= 0.6 is 0 Å². The number of nitrogens with zero attached hydrogens (tertiary/aromatic N) is 3. The lowest BCUT2D eigenvalue weighted by Crippen LogP contribution is -2.30. The van der Waals surface area contributed by atoms with Crippen molar-refractivity contribution in [2.75, 3.05) is 18.0 Å². The molecule has 0 aliphatic carbocycles. The molecular formula is C14H17N3. The van der Waals surface area contributed by atoms with Gasteiger partial charge in [0.05, 0.1) is 0 Å². The third-order valence-corrected chi connectivity index (χ3v) is 3.36. The van der Waals surface area contributed by atoms with Gasteiger partial charge in [0.2, 0.25) is 0 Å². The SMILES string of the molecule is Cc1ccc2ccc(N3CCCCC3)nc2n1. The average molecular weight is 227 g/mol. The van der Waals surface area contributed by atoms with Gasteiger partial charge < -0.3 is 4.90 Å². The Hall–Kier alpha value is -1.64. The zero-order valence-corrected chi connectivity index (χ0v) is 10.2. The number of hydrogen-bond acceptors (Lipinski definition) is 3. The Balaban J connectivity index is 1.99. The Morgan fingerprint density at radius 2 is 1.71 bits per heavy atom. The summed E-state index contributed by atoms with van der Waals surface area (Å²) in [6.45, 7) is 4.27. The predicted molar refractivity (Wildman–Crippen MR) is 70.3 cm³/mol. The van der Waals surface area contributed by atoms with Crippen LogP contribution in [0.3, 0.4) is 0 Å². The van der Waals surface area contributed by atoms with Crippen molar-refractivity contribution in [2.24, 2.45) is 0 Å². The topological polar surface area (TPSA) is 29.0 Å².